The van der Waals surface area contributed by atoms with E-state index in [0.717, 1.165) is 11.3 Å². The van der Waals surface area contributed by atoms with Gasteiger partial charge in [0.15, 0.2) is 17.1 Å². The number of nitrogens with zero attached hydrogens (tertiary/aromatic N) is 1. The predicted octanol–water partition coefficient (Wildman–Crippen LogP) is -1.05. The first kappa shape index (κ1) is 16.3. The highest BCUT2D eigenvalue weighted by atomic mass is 32.1. The van der Waals surface area contributed by atoms with E-state index >= 15 is 0 Å². The molecule has 9 heteroatoms. The van der Waals surface area contributed by atoms with E-state index in [9.17, 15) is 20.1 Å². The van der Waals surface area contributed by atoms with Crippen LogP contribution in [0.15, 0.2) is 6.20 Å². The molecule has 0 aliphatic carbocycles. The molecule has 1 saturated heterocycles. The second-order valence-corrected chi connectivity index (χ2v) is 5.73. The van der Waals surface area contributed by atoms with E-state index < -0.39 is 37.3 Å². The van der Waals surface area contributed by atoms with Crippen molar-refractivity contribution in [2.24, 2.45) is 0 Å². The standard InChI is InChI=1S/C12H18N2O6S/c1-2-5(16)7-3-13-12(21-7)14-11-10(19)9(18)8(17)6(4-15)20-11/h3,6,8-11,15,17-19H,2,4H2,1H3,(H,13,14). The number of carbonyl (C=O) groups is 1. The van der Waals surface area contributed by atoms with Crippen LogP contribution in [0.1, 0.15) is 23.0 Å². The number of anilines is 1. The van der Waals surface area contributed by atoms with Gasteiger partial charge in [0.25, 0.3) is 0 Å². The van der Waals surface area contributed by atoms with Crippen LogP contribution in [0.2, 0.25) is 0 Å². The lowest BCUT2D eigenvalue weighted by atomic mass is 9.98. The van der Waals surface area contributed by atoms with Crippen molar-refractivity contribution in [3.05, 3.63) is 11.1 Å². The van der Waals surface area contributed by atoms with Crippen LogP contribution in [0.25, 0.3) is 0 Å². The largest absolute Gasteiger partial charge is 0.394 e. The molecule has 0 saturated carbocycles. The molecule has 0 bridgehead atoms. The van der Waals surface area contributed by atoms with Crippen LogP contribution in [0.5, 0.6) is 0 Å². The summed E-state index contributed by atoms with van der Waals surface area (Å²) in [6.07, 6.45) is -4.50. The number of aromatic nitrogens is 1. The van der Waals surface area contributed by atoms with Gasteiger partial charge in [-0.3, -0.25) is 4.79 Å². The Morgan fingerprint density at radius 3 is 2.71 bits per heavy atom. The minimum atomic E-state index is -1.45. The summed E-state index contributed by atoms with van der Waals surface area (Å²) < 4.78 is 5.29. The summed E-state index contributed by atoms with van der Waals surface area (Å²) in [7, 11) is 0. The number of thiazole rings is 1. The normalized spacial score (nSPS) is 32.9. The quantitative estimate of drug-likeness (QED) is 0.434. The maximum Gasteiger partial charge on any atom is 0.185 e. The number of aliphatic hydroxyl groups is 4. The summed E-state index contributed by atoms with van der Waals surface area (Å²) in [5.74, 6) is -0.0469. The van der Waals surface area contributed by atoms with E-state index in [4.69, 9.17) is 9.84 Å². The highest BCUT2D eigenvalue weighted by Gasteiger charge is 2.43. The first-order chi connectivity index (χ1) is 9.97. The third kappa shape index (κ3) is 3.39. The molecule has 1 aliphatic rings. The van der Waals surface area contributed by atoms with Crippen molar-refractivity contribution in [1.82, 2.24) is 4.98 Å². The van der Waals surface area contributed by atoms with E-state index in [1.54, 1.807) is 6.92 Å². The van der Waals surface area contributed by atoms with Gasteiger partial charge in [0, 0.05) is 6.42 Å². The molecule has 5 unspecified atom stereocenters. The Kier molecular flexibility index (Phi) is 5.25. The molecule has 1 aliphatic heterocycles. The van der Waals surface area contributed by atoms with Gasteiger partial charge in [-0.15, -0.1) is 0 Å². The van der Waals surface area contributed by atoms with Crippen molar-refractivity contribution in [3.8, 4) is 0 Å². The molecule has 5 atom stereocenters. The molecule has 21 heavy (non-hydrogen) atoms. The number of hydrogen-bond acceptors (Lipinski definition) is 9. The average Bonchev–Trinajstić information content (AvgIpc) is 2.95. The number of Topliss-reactive ketones (excluding diaryl/α,β-unsaturated/α-hetero) is 1. The SMILES string of the molecule is CCC(=O)c1cnc(NC2OC(CO)C(O)C(O)C2O)s1. The van der Waals surface area contributed by atoms with Gasteiger partial charge in [-0.1, -0.05) is 18.3 Å². The van der Waals surface area contributed by atoms with Gasteiger partial charge in [0.1, 0.15) is 24.4 Å². The van der Waals surface area contributed by atoms with Gasteiger partial charge in [0.05, 0.1) is 17.7 Å². The van der Waals surface area contributed by atoms with Gasteiger partial charge in [0.2, 0.25) is 0 Å². The Balaban J connectivity index is 2.07. The fourth-order valence-electron chi connectivity index (χ4n) is 1.99. The second-order valence-electron chi connectivity index (χ2n) is 4.70. The highest BCUT2D eigenvalue weighted by Crippen LogP contribution is 2.25. The van der Waals surface area contributed by atoms with Crippen LogP contribution in [-0.4, -0.2) is 68.4 Å². The maximum absolute atomic E-state index is 11.5. The van der Waals surface area contributed by atoms with Gasteiger partial charge in [-0.2, -0.15) is 0 Å². The third-order valence-corrected chi connectivity index (χ3v) is 4.23. The minimum absolute atomic E-state index is 0.0469. The van der Waals surface area contributed by atoms with Crippen LogP contribution in [0, 0.1) is 0 Å². The fraction of sp³-hybridized carbons (Fsp3) is 0.667. The lowest BCUT2D eigenvalue weighted by Crippen LogP contribution is -2.60. The van der Waals surface area contributed by atoms with Crippen molar-refractivity contribution < 1.29 is 30.0 Å². The zero-order valence-electron chi connectivity index (χ0n) is 11.3. The third-order valence-electron chi connectivity index (χ3n) is 3.26. The molecule has 0 amide bonds. The molecular formula is C12H18N2O6S. The summed E-state index contributed by atoms with van der Waals surface area (Å²) in [6.45, 7) is 1.24. The molecular weight excluding hydrogens is 300 g/mol. The maximum atomic E-state index is 11.5. The molecule has 5 N–H and O–H groups in total. The van der Waals surface area contributed by atoms with Crippen molar-refractivity contribution >= 4 is 22.3 Å². The average molecular weight is 318 g/mol. The van der Waals surface area contributed by atoms with Gasteiger partial charge in [-0.25, -0.2) is 4.98 Å². The van der Waals surface area contributed by atoms with Crippen LogP contribution in [0.3, 0.4) is 0 Å². The Morgan fingerprint density at radius 2 is 2.10 bits per heavy atom. The van der Waals surface area contributed by atoms with Crippen LogP contribution < -0.4 is 5.32 Å². The van der Waals surface area contributed by atoms with E-state index in [0.29, 0.717) is 16.4 Å². The molecule has 0 aromatic carbocycles. The Bertz CT molecular complexity index is 494. The van der Waals surface area contributed by atoms with E-state index in [1.807, 2.05) is 0 Å². The zero-order valence-corrected chi connectivity index (χ0v) is 12.2. The minimum Gasteiger partial charge on any atom is -0.394 e. The van der Waals surface area contributed by atoms with Crippen LogP contribution >= 0.6 is 11.3 Å². The molecule has 0 radical (unpaired) electrons. The van der Waals surface area contributed by atoms with Crippen molar-refractivity contribution in [3.63, 3.8) is 0 Å². The number of carbonyl (C=O) groups excluding carboxylic acids is 1. The molecule has 0 spiro atoms. The topological polar surface area (TPSA) is 132 Å². The van der Waals surface area contributed by atoms with Crippen LogP contribution in [0.4, 0.5) is 5.13 Å². The lowest BCUT2D eigenvalue weighted by molar-refractivity contribution is -0.221. The van der Waals surface area contributed by atoms with Crippen molar-refractivity contribution in [1.29, 1.82) is 0 Å². The summed E-state index contributed by atoms with van der Waals surface area (Å²) in [5.41, 5.74) is 0. The summed E-state index contributed by atoms with van der Waals surface area (Å²) in [6, 6.07) is 0. The number of nitrogens with one attached hydrogen (secondary N) is 1. The smallest absolute Gasteiger partial charge is 0.185 e. The molecule has 2 rings (SSSR count). The summed E-state index contributed by atoms with van der Waals surface area (Å²) in [5, 5.41) is 41.4. The number of aliphatic hydroxyl groups excluding tert-OH is 4. The molecule has 1 aromatic rings. The predicted molar refractivity (Wildman–Crippen MR) is 74.1 cm³/mol. The highest BCUT2D eigenvalue weighted by molar-refractivity contribution is 7.17. The molecule has 1 fully saturated rings. The number of ketones is 1. The van der Waals surface area contributed by atoms with Gasteiger partial charge >= 0.3 is 0 Å². The monoisotopic (exact) mass is 318 g/mol. The number of hydrogen-bond donors (Lipinski definition) is 5. The molecule has 2 heterocycles. The first-order valence-corrected chi connectivity index (χ1v) is 7.35. The van der Waals surface area contributed by atoms with Crippen LogP contribution in [-0.2, 0) is 4.74 Å². The zero-order chi connectivity index (χ0) is 15.6. The molecule has 118 valence electrons. The second kappa shape index (κ2) is 6.77. The van der Waals surface area contributed by atoms with E-state index in [-0.39, 0.29) is 5.78 Å². The van der Waals surface area contributed by atoms with Crippen molar-refractivity contribution in [2.75, 3.05) is 11.9 Å². The first-order valence-electron chi connectivity index (χ1n) is 6.54. The van der Waals surface area contributed by atoms with E-state index in [2.05, 4.69) is 10.3 Å². The Labute approximate surface area is 125 Å². The van der Waals surface area contributed by atoms with Crippen molar-refractivity contribution in [2.45, 2.75) is 44.0 Å². The number of ether oxygens (including phenoxy) is 1. The van der Waals surface area contributed by atoms with Gasteiger partial charge < -0.3 is 30.5 Å². The van der Waals surface area contributed by atoms with E-state index in [1.165, 1.54) is 6.20 Å². The fourth-order valence-corrected chi connectivity index (χ4v) is 2.84. The van der Waals surface area contributed by atoms with Gasteiger partial charge in [-0.05, 0) is 0 Å². The summed E-state index contributed by atoms with van der Waals surface area (Å²) in [4.78, 5) is 16.0. The Morgan fingerprint density at radius 1 is 1.38 bits per heavy atom. The number of rotatable bonds is 5. The lowest BCUT2D eigenvalue weighted by Gasteiger charge is -2.40. The summed E-state index contributed by atoms with van der Waals surface area (Å²) >= 11 is 1.10. The molecule has 8 nitrogen and oxygen atoms in total. The Hall–Kier alpha value is -1.10. The molecule has 1 aromatic heterocycles.